The molecule has 0 N–H and O–H groups in total. The number of rotatable bonds is 0. The second kappa shape index (κ2) is 2.09. The van der Waals surface area contributed by atoms with E-state index in [9.17, 15) is 0 Å². The van der Waals surface area contributed by atoms with Crippen LogP contribution in [0.1, 0.15) is 11.3 Å². The third-order valence-corrected chi connectivity index (χ3v) is 1.83. The predicted molar refractivity (Wildman–Crippen MR) is 44.7 cm³/mol. The van der Waals surface area contributed by atoms with Crippen molar-refractivity contribution < 1.29 is 0 Å². The highest BCUT2D eigenvalue weighted by molar-refractivity contribution is 5.41. The molecule has 2 nitrogen and oxygen atoms in total. The van der Waals surface area contributed by atoms with Crippen molar-refractivity contribution in [3.05, 3.63) is 35.8 Å². The molecule has 0 aromatic carbocycles. The first kappa shape index (κ1) is 6.40. The van der Waals surface area contributed by atoms with Gasteiger partial charge < -0.3 is 4.40 Å². The zero-order valence-electron chi connectivity index (χ0n) is 6.70. The molecule has 0 saturated heterocycles. The standard InChI is InChI=1S/C9H10N2/c1-7-5-10-9-4-3-8(2)11(9)6-7/h3-6H,1-2H3. The van der Waals surface area contributed by atoms with Gasteiger partial charge in [0.25, 0.3) is 0 Å². The summed E-state index contributed by atoms with van der Waals surface area (Å²) in [6, 6.07) is 4.09. The molecule has 0 bridgehead atoms. The second-order valence-electron chi connectivity index (χ2n) is 2.83. The minimum absolute atomic E-state index is 1.02. The van der Waals surface area contributed by atoms with E-state index < -0.39 is 0 Å². The molecule has 0 aliphatic rings. The van der Waals surface area contributed by atoms with Gasteiger partial charge in [-0.15, -0.1) is 0 Å². The lowest BCUT2D eigenvalue weighted by molar-refractivity contribution is 1.05. The Balaban J connectivity index is 2.87. The average molecular weight is 146 g/mol. The maximum absolute atomic E-state index is 4.26. The minimum atomic E-state index is 1.02. The SMILES string of the molecule is Cc1cnc2ccc(C)n2c1. The Morgan fingerprint density at radius 2 is 2.09 bits per heavy atom. The van der Waals surface area contributed by atoms with E-state index in [2.05, 4.69) is 28.6 Å². The molecule has 2 aromatic rings. The number of hydrogen-bond acceptors (Lipinski definition) is 1. The van der Waals surface area contributed by atoms with Crippen LogP contribution >= 0.6 is 0 Å². The summed E-state index contributed by atoms with van der Waals surface area (Å²) in [5.74, 6) is 0. The Bertz CT molecular complexity index is 387. The summed E-state index contributed by atoms with van der Waals surface area (Å²) in [6.07, 6.45) is 3.98. The summed E-state index contributed by atoms with van der Waals surface area (Å²) in [6.45, 7) is 4.12. The number of nitrogens with zero attached hydrogens (tertiary/aromatic N) is 2. The molecule has 11 heavy (non-hydrogen) atoms. The van der Waals surface area contributed by atoms with Gasteiger partial charge in [-0.05, 0) is 31.5 Å². The lowest BCUT2D eigenvalue weighted by Crippen LogP contribution is -1.89. The van der Waals surface area contributed by atoms with Gasteiger partial charge in [-0.1, -0.05) is 0 Å². The lowest BCUT2D eigenvalue weighted by atomic mass is 10.4. The van der Waals surface area contributed by atoms with Gasteiger partial charge in [-0.2, -0.15) is 0 Å². The normalized spacial score (nSPS) is 10.7. The monoisotopic (exact) mass is 146 g/mol. The van der Waals surface area contributed by atoms with Gasteiger partial charge in [0, 0.05) is 18.1 Å². The number of fused-ring (bicyclic) bond motifs is 1. The summed E-state index contributed by atoms with van der Waals surface area (Å²) in [7, 11) is 0. The van der Waals surface area contributed by atoms with E-state index in [1.807, 2.05) is 19.2 Å². The Kier molecular flexibility index (Phi) is 1.22. The first-order valence-electron chi connectivity index (χ1n) is 3.68. The van der Waals surface area contributed by atoms with Crippen LogP contribution in [0, 0.1) is 13.8 Å². The van der Waals surface area contributed by atoms with Crippen molar-refractivity contribution in [2.45, 2.75) is 13.8 Å². The van der Waals surface area contributed by atoms with Gasteiger partial charge in [0.1, 0.15) is 5.65 Å². The molecule has 0 amide bonds. The van der Waals surface area contributed by atoms with E-state index in [0.717, 1.165) is 5.65 Å². The Labute approximate surface area is 65.5 Å². The molecule has 0 unspecified atom stereocenters. The summed E-state index contributed by atoms with van der Waals surface area (Å²) in [4.78, 5) is 4.26. The van der Waals surface area contributed by atoms with Gasteiger partial charge in [0.05, 0.1) is 0 Å². The van der Waals surface area contributed by atoms with Crippen molar-refractivity contribution in [3.63, 3.8) is 0 Å². The number of aromatic nitrogens is 2. The van der Waals surface area contributed by atoms with Crippen LogP contribution in [0.3, 0.4) is 0 Å². The molecule has 0 radical (unpaired) electrons. The zero-order chi connectivity index (χ0) is 7.84. The molecule has 0 aliphatic carbocycles. The molecule has 2 heteroatoms. The van der Waals surface area contributed by atoms with Gasteiger partial charge in [0.15, 0.2) is 0 Å². The molecule has 0 aliphatic heterocycles. The molecule has 2 rings (SSSR count). The largest absolute Gasteiger partial charge is 0.306 e. The van der Waals surface area contributed by atoms with E-state index >= 15 is 0 Å². The molecule has 0 atom stereocenters. The predicted octanol–water partition coefficient (Wildman–Crippen LogP) is 1.95. The average Bonchev–Trinajstić information content (AvgIpc) is 2.33. The molecule has 0 fully saturated rings. The highest BCUT2D eigenvalue weighted by atomic mass is 15.0. The zero-order valence-corrected chi connectivity index (χ0v) is 6.70. The molecule has 0 spiro atoms. The van der Waals surface area contributed by atoms with E-state index in [1.165, 1.54) is 11.3 Å². The smallest absolute Gasteiger partial charge is 0.136 e. The van der Waals surface area contributed by atoms with Gasteiger partial charge in [0.2, 0.25) is 0 Å². The van der Waals surface area contributed by atoms with E-state index in [4.69, 9.17) is 0 Å². The highest BCUT2D eigenvalue weighted by Gasteiger charge is 1.95. The van der Waals surface area contributed by atoms with E-state index in [0.29, 0.717) is 0 Å². The summed E-state index contributed by atoms with van der Waals surface area (Å²) in [5, 5.41) is 0. The van der Waals surface area contributed by atoms with E-state index in [-0.39, 0.29) is 0 Å². The molecule has 0 saturated carbocycles. The quantitative estimate of drug-likeness (QED) is 0.555. The van der Waals surface area contributed by atoms with Crippen molar-refractivity contribution >= 4 is 5.65 Å². The fraction of sp³-hybridized carbons (Fsp3) is 0.222. The van der Waals surface area contributed by atoms with Crippen molar-refractivity contribution in [1.82, 2.24) is 9.38 Å². The summed E-state index contributed by atoms with van der Waals surface area (Å²) < 4.78 is 2.09. The van der Waals surface area contributed by atoms with Gasteiger partial charge >= 0.3 is 0 Å². The third kappa shape index (κ3) is 0.909. The van der Waals surface area contributed by atoms with Crippen LogP contribution in [0.5, 0.6) is 0 Å². The van der Waals surface area contributed by atoms with Gasteiger partial charge in [-0.3, -0.25) is 0 Å². The van der Waals surface area contributed by atoms with Crippen LogP contribution < -0.4 is 0 Å². The first-order chi connectivity index (χ1) is 5.27. The first-order valence-corrected chi connectivity index (χ1v) is 3.68. The molecular formula is C9H10N2. The lowest BCUT2D eigenvalue weighted by Gasteiger charge is -1.97. The van der Waals surface area contributed by atoms with Crippen LogP contribution in [0.15, 0.2) is 24.5 Å². The molecule has 2 heterocycles. The Hall–Kier alpha value is -1.31. The highest BCUT2D eigenvalue weighted by Crippen LogP contribution is 2.06. The molecule has 56 valence electrons. The van der Waals surface area contributed by atoms with Crippen LogP contribution in [0.25, 0.3) is 5.65 Å². The van der Waals surface area contributed by atoms with Crippen LogP contribution in [0.4, 0.5) is 0 Å². The number of aryl methyl sites for hydroxylation is 2. The van der Waals surface area contributed by atoms with Crippen molar-refractivity contribution in [1.29, 1.82) is 0 Å². The number of hydrogen-bond donors (Lipinski definition) is 0. The summed E-state index contributed by atoms with van der Waals surface area (Å²) >= 11 is 0. The van der Waals surface area contributed by atoms with Crippen LogP contribution in [0.2, 0.25) is 0 Å². The molecular weight excluding hydrogens is 136 g/mol. The maximum atomic E-state index is 4.26. The van der Waals surface area contributed by atoms with Crippen molar-refractivity contribution in [3.8, 4) is 0 Å². The fourth-order valence-corrected chi connectivity index (χ4v) is 1.21. The minimum Gasteiger partial charge on any atom is -0.306 e. The van der Waals surface area contributed by atoms with Crippen molar-refractivity contribution in [2.75, 3.05) is 0 Å². The second-order valence-corrected chi connectivity index (χ2v) is 2.83. The fourth-order valence-electron chi connectivity index (χ4n) is 1.21. The summed E-state index contributed by atoms with van der Waals surface area (Å²) in [5.41, 5.74) is 3.45. The Morgan fingerprint density at radius 1 is 1.27 bits per heavy atom. The maximum Gasteiger partial charge on any atom is 0.136 e. The topological polar surface area (TPSA) is 17.3 Å². The third-order valence-electron chi connectivity index (χ3n) is 1.83. The van der Waals surface area contributed by atoms with Crippen LogP contribution in [-0.4, -0.2) is 9.38 Å². The van der Waals surface area contributed by atoms with Gasteiger partial charge in [-0.25, -0.2) is 4.98 Å². The Morgan fingerprint density at radius 3 is 2.91 bits per heavy atom. The van der Waals surface area contributed by atoms with Crippen molar-refractivity contribution in [2.24, 2.45) is 0 Å². The van der Waals surface area contributed by atoms with Crippen LogP contribution in [-0.2, 0) is 0 Å². The molecule has 2 aromatic heterocycles. The van der Waals surface area contributed by atoms with E-state index in [1.54, 1.807) is 0 Å².